The van der Waals surface area contributed by atoms with Gasteiger partial charge in [-0.25, -0.2) is 4.98 Å². The largest absolute Gasteiger partial charge is 0.480 e. The van der Waals surface area contributed by atoms with Crippen molar-refractivity contribution in [1.82, 2.24) is 4.98 Å². The summed E-state index contributed by atoms with van der Waals surface area (Å²) in [6.07, 6.45) is 0. The standard InChI is InChI=1S/C16H16N2O3S/c1-10-13(11(2)19)9-14(15(17-10)21-3)18-16(20)22-12-7-5-4-6-8-12/h4-9H,1-3H3,(H,18,20). The quantitative estimate of drug-likeness (QED) is 0.684. The number of amides is 1. The van der Waals surface area contributed by atoms with Crippen molar-refractivity contribution in [2.24, 2.45) is 0 Å². The number of hydrogen-bond donors (Lipinski definition) is 1. The highest BCUT2D eigenvalue weighted by atomic mass is 32.2. The molecular formula is C16H16N2O3S. The Kier molecular flexibility index (Phi) is 5.16. The summed E-state index contributed by atoms with van der Waals surface area (Å²) in [5.41, 5.74) is 1.41. The number of aryl methyl sites for hydroxylation is 1. The lowest BCUT2D eigenvalue weighted by molar-refractivity contribution is 0.101. The number of nitrogens with zero attached hydrogens (tertiary/aromatic N) is 1. The predicted molar refractivity (Wildman–Crippen MR) is 86.8 cm³/mol. The summed E-state index contributed by atoms with van der Waals surface area (Å²) in [5.74, 6) is 0.170. The van der Waals surface area contributed by atoms with E-state index in [4.69, 9.17) is 4.74 Å². The van der Waals surface area contributed by atoms with Gasteiger partial charge in [-0.05, 0) is 43.8 Å². The van der Waals surface area contributed by atoms with Gasteiger partial charge in [0.05, 0.1) is 12.8 Å². The van der Waals surface area contributed by atoms with Crippen LogP contribution >= 0.6 is 11.8 Å². The number of hydrogen-bond acceptors (Lipinski definition) is 5. The summed E-state index contributed by atoms with van der Waals surface area (Å²) < 4.78 is 5.17. The zero-order chi connectivity index (χ0) is 16.1. The molecule has 0 aliphatic heterocycles. The number of ketones is 1. The van der Waals surface area contributed by atoms with E-state index in [-0.39, 0.29) is 16.9 Å². The number of ether oxygens (including phenoxy) is 1. The van der Waals surface area contributed by atoms with Gasteiger partial charge in [-0.15, -0.1) is 0 Å². The summed E-state index contributed by atoms with van der Waals surface area (Å²) in [6, 6.07) is 10.9. The van der Waals surface area contributed by atoms with Crippen LogP contribution in [0.2, 0.25) is 0 Å². The van der Waals surface area contributed by atoms with Crippen molar-refractivity contribution in [2.45, 2.75) is 18.7 Å². The van der Waals surface area contributed by atoms with E-state index in [1.54, 1.807) is 13.0 Å². The van der Waals surface area contributed by atoms with E-state index in [0.717, 1.165) is 16.7 Å². The molecule has 0 unspecified atom stereocenters. The number of aromatic nitrogens is 1. The van der Waals surface area contributed by atoms with E-state index in [1.807, 2.05) is 30.3 Å². The smallest absolute Gasteiger partial charge is 0.288 e. The molecular weight excluding hydrogens is 300 g/mol. The fourth-order valence-electron chi connectivity index (χ4n) is 1.92. The second-order valence-electron chi connectivity index (χ2n) is 4.56. The van der Waals surface area contributed by atoms with Crippen LogP contribution in [0.1, 0.15) is 23.0 Å². The highest BCUT2D eigenvalue weighted by molar-refractivity contribution is 8.13. The number of pyridine rings is 1. The van der Waals surface area contributed by atoms with Gasteiger partial charge in [-0.1, -0.05) is 18.2 Å². The van der Waals surface area contributed by atoms with E-state index in [0.29, 0.717) is 16.9 Å². The van der Waals surface area contributed by atoms with Gasteiger partial charge in [0.15, 0.2) is 5.78 Å². The van der Waals surface area contributed by atoms with Crippen molar-refractivity contribution in [2.75, 3.05) is 12.4 Å². The summed E-state index contributed by atoms with van der Waals surface area (Å²) >= 11 is 1.06. The zero-order valence-electron chi connectivity index (χ0n) is 12.5. The van der Waals surface area contributed by atoms with Gasteiger partial charge in [0.2, 0.25) is 5.88 Å². The Morgan fingerprint density at radius 1 is 1.23 bits per heavy atom. The van der Waals surface area contributed by atoms with E-state index < -0.39 is 0 Å². The first-order valence-corrected chi connectivity index (χ1v) is 7.43. The summed E-state index contributed by atoms with van der Waals surface area (Å²) in [5, 5.41) is 2.44. The van der Waals surface area contributed by atoms with Gasteiger partial charge >= 0.3 is 0 Å². The van der Waals surface area contributed by atoms with Gasteiger partial charge in [0.25, 0.3) is 5.24 Å². The Balaban J connectivity index is 2.22. The first kappa shape index (κ1) is 16.0. The van der Waals surface area contributed by atoms with Crippen molar-refractivity contribution >= 4 is 28.5 Å². The molecule has 5 nitrogen and oxygen atoms in total. The zero-order valence-corrected chi connectivity index (χ0v) is 13.4. The second-order valence-corrected chi connectivity index (χ2v) is 5.61. The lowest BCUT2D eigenvalue weighted by Gasteiger charge is -2.12. The molecule has 2 rings (SSSR count). The van der Waals surface area contributed by atoms with Gasteiger partial charge in [-0.2, -0.15) is 0 Å². The maximum Gasteiger partial charge on any atom is 0.288 e. The normalized spacial score (nSPS) is 10.1. The third-order valence-electron chi connectivity index (χ3n) is 2.94. The Morgan fingerprint density at radius 3 is 2.50 bits per heavy atom. The van der Waals surface area contributed by atoms with Crippen LogP contribution < -0.4 is 10.1 Å². The molecule has 0 spiro atoms. The number of thioether (sulfide) groups is 1. The Labute approximate surface area is 133 Å². The molecule has 0 saturated heterocycles. The molecule has 0 radical (unpaired) electrons. The number of methoxy groups -OCH3 is 1. The Morgan fingerprint density at radius 2 is 1.91 bits per heavy atom. The molecule has 0 fully saturated rings. The van der Waals surface area contributed by atoms with Crippen LogP contribution in [0.25, 0.3) is 0 Å². The molecule has 114 valence electrons. The topological polar surface area (TPSA) is 68.3 Å². The molecule has 1 N–H and O–H groups in total. The van der Waals surface area contributed by atoms with E-state index in [1.165, 1.54) is 14.0 Å². The van der Waals surface area contributed by atoms with Gasteiger partial charge < -0.3 is 10.1 Å². The van der Waals surface area contributed by atoms with Crippen LogP contribution in [-0.2, 0) is 0 Å². The average Bonchev–Trinajstić information content (AvgIpc) is 2.49. The monoisotopic (exact) mass is 316 g/mol. The fraction of sp³-hybridized carbons (Fsp3) is 0.188. The van der Waals surface area contributed by atoms with Crippen LogP contribution in [0.4, 0.5) is 10.5 Å². The molecule has 1 heterocycles. The molecule has 0 atom stereocenters. The Bertz CT molecular complexity index is 702. The van der Waals surface area contributed by atoms with E-state index >= 15 is 0 Å². The van der Waals surface area contributed by atoms with E-state index in [9.17, 15) is 9.59 Å². The molecule has 1 aromatic carbocycles. The minimum atomic E-state index is -0.273. The van der Waals surface area contributed by atoms with Gasteiger partial charge in [-0.3, -0.25) is 9.59 Å². The van der Waals surface area contributed by atoms with Crippen molar-refractivity contribution < 1.29 is 14.3 Å². The third kappa shape index (κ3) is 3.85. The lowest BCUT2D eigenvalue weighted by Crippen LogP contribution is -2.10. The maximum atomic E-state index is 12.1. The van der Waals surface area contributed by atoms with E-state index in [2.05, 4.69) is 10.3 Å². The fourth-order valence-corrected chi connectivity index (χ4v) is 2.58. The van der Waals surface area contributed by atoms with Crippen molar-refractivity contribution in [3.8, 4) is 5.88 Å². The maximum absolute atomic E-state index is 12.1. The molecule has 6 heteroatoms. The van der Waals surface area contributed by atoms with Crippen LogP contribution in [-0.4, -0.2) is 23.1 Å². The number of nitrogens with one attached hydrogen (secondary N) is 1. The third-order valence-corrected chi connectivity index (χ3v) is 3.74. The second kappa shape index (κ2) is 7.09. The number of carbonyl (C=O) groups is 2. The molecule has 0 aliphatic carbocycles. The Hall–Kier alpha value is -2.34. The summed E-state index contributed by atoms with van der Waals surface area (Å²) in [7, 11) is 1.47. The van der Waals surface area contributed by atoms with Gasteiger partial charge in [0, 0.05) is 10.5 Å². The van der Waals surface area contributed by atoms with Crippen LogP contribution in [0.15, 0.2) is 41.3 Å². The predicted octanol–water partition coefficient (Wildman–Crippen LogP) is 3.93. The molecule has 1 amide bonds. The minimum absolute atomic E-state index is 0.112. The highest BCUT2D eigenvalue weighted by Crippen LogP contribution is 2.28. The van der Waals surface area contributed by atoms with Crippen molar-refractivity contribution in [3.05, 3.63) is 47.7 Å². The molecule has 0 bridgehead atoms. The molecule has 22 heavy (non-hydrogen) atoms. The SMILES string of the molecule is COc1nc(C)c(C(C)=O)cc1NC(=O)Sc1ccccc1. The van der Waals surface area contributed by atoms with Crippen LogP contribution in [0.3, 0.4) is 0 Å². The van der Waals surface area contributed by atoms with Crippen molar-refractivity contribution in [1.29, 1.82) is 0 Å². The molecule has 0 aliphatic rings. The number of anilines is 1. The number of Topliss-reactive ketones (excluding diaryl/α,β-unsaturated/α-hetero) is 1. The number of rotatable bonds is 4. The lowest BCUT2D eigenvalue weighted by atomic mass is 10.1. The molecule has 2 aromatic rings. The minimum Gasteiger partial charge on any atom is -0.480 e. The van der Waals surface area contributed by atoms with Crippen LogP contribution in [0, 0.1) is 6.92 Å². The number of carbonyl (C=O) groups excluding carboxylic acids is 2. The first-order chi connectivity index (χ1) is 10.5. The van der Waals surface area contributed by atoms with Gasteiger partial charge in [0.1, 0.15) is 5.69 Å². The first-order valence-electron chi connectivity index (χ1n) is 6.61. The average molecular weight is 316 g/mol. The number of benzene rings is 1. The molecule has 0 saturated carbocycles. The molecule has 1 aromatic heterocycles. The summed E-state index contributed by atoms with van der Waals surface area (Å²) in [4.78, 5) is 28.7. The van der Waals surface area contributed by atoms with Crippen molar-refractivity contribution in [3.63, 3.8) is 0 Å². The summed E-state index contributed by atoms with van der Waals surface area (Å²) in [6.45, 7) is 3.18. The highest BCUT2D eigenvalue weighted by Gasteiger charge is 2.15. The van der Waals surface area contributed by atoms with Crippen LogP contribution in [0.5, 0.6) is 5.88 Å².